The van der Waals surface area contributed by atoms with Gasteiger partial charge in [-0.2, -0.15) is 0 Å². The van der Waals surface area contributed by atoms with Crippen LogP contribution in [0.4, 0.5) is 0 Å². The second-order valence-corrected chi connectivity index (χ2v) is 6.33. The van der Waals surface area contributed by atoms with Crippen molar-refractivity contribution in [1.82, 2.24) is 14.5 Å². The number of benzene rings is 1. The fourth-order valence-corrected chi connectivity index (χ4v) is 3.67. The molecule has 1 amide bonds. The minimum atomic E-state index is -1.19. The van der Waals surface area contributed by atoms with E-state index in [4.69, 9.17) is 14.5 Å². The molecule has 1 aromatic carbocycles. The van der Waals surface area contributed by atoms with Gasteiger partial charge in [-0.05, 0) is 44.0 Å². The van der Waals surface area contributed by atoms with Gasteiger partial charge < -0.3 is 19.0 Å². The van der Waals surface area contributed by atoms with Crippen molar-refractivity contribution in [3.05, 3.63) is 53.7 Å². The Balaban J connectivity index is 1.70. The van der Waals surface area contributed by atoms with Crippen LogP contribution in [0.2, 0.25) is 0 Å². The average molecular weight is 353 g/mol. The van der Waals surface area contributed by atoms with Crippen LogP contribution in [0.25, 0.3) is 11.0 Å². The summed E-state index contributed by atoms with van der Waals surface area (Å²) in [5, 5.41) is 8.99. The quantitative estimate of drug-likeness (QED) is 0.777. The van der Waals surface area contributed by atoms with Crippen molar-refractivity contribution >= 4 is 22.9 Å². The summed E-state index contributed by atoms with van der Waals surface area (Å²) < 4.78 is 7.34. The third-order valence-corrected chi connectivity index (χ3v) is 4.84. The molecule has 4 rings (SSSR count). The van der Waals surface area contributed by atoms with Crippen molar-refractivity contribution < 1.29 is 19.1 Å². The first kappa shape index (κ1) is 16.4. The van der Waals surface area contributed by atoms with E-state index in [-0.39, 0.29) is 23.5 Å². The largest absolute Gasteiger partial charge is 0.475 e. The molecular weight excluding hydrogens is 334 g/mol. The molecule has 0 aliphatic carbocycles. The van der Waals surface area contributed by atoms with E-state index in [2.05, 4.69) is 11.5 Å². The van der Waals surface area contributed by atoms with Crippen LogP contribution in [0.15, 0.2) is 40.8 Å². The van der Waals surface area contributed by atoms with Gasteiger partial charge in [-0.1, -0.05) is 12.1 Å². The number of furan rings is 1. The van der Waals surface area contributed by atoms with E-state index >= 15 is 0 Å². The van der Waals surface area contributed by atoms with Gasteiger partial charge >= 0.3 is 5.97 Å². The molecule has 1 fully saturated rings. The Kier molecular flexibility index (Phi) is 3.99. The normalized spacial score (nSPS) is 17.1. The van der Waals surface area contributed by atoms with Crippen LogP contribution in [-0.2, 0) is 6.54 Å². The van der Waals surface area contributed by atoms with Gasteiger partial charge in [-0.15, -0.1) is 0 Å². The number of imidazole rings is 1. The smallest absolute Gasteiger partial charge is 0.371 e. The number of carbonyl (C=O) groups excluding carboxylic acids is 1. The maximum absolute atomic E-state index is 12.9. The highest BCUT2D eigenvalue weighted by Crippen LogP contribution is 2.34. The van der Waals surface area contributed by atoms with Gasteiger partial charge in [0.1, 0.15) is 5.82 Å². The van der Waals surface area contributed by atoms with E-state index in [9.17, 15) is 9.59 Å². The van der Waals surface area contributed by atoms with E-state index in [1.165, 1.54) is 12.1 Å². The van der Waals surface area contributed by atoms with Crippen LogP contribution in [0, 0.1) is 0 Å². The molecule has 134 valence electrons. The van der Waals surface area contributed by atoms with Crippen LogP contribution in [0.1, 0.15) is 52.7 Å². The van der Waals surface area contributed by atoms with E-state index in [0.29, 0.717) is 6.54 Å². The third-order valence-electron chi connectivity index (χ3n) is 4.84. The maximum Gasteiger partial charge on any atom is 0.371 e. The zero-order chi connectivity index (χ0) is 18.3. The molecular formula is C19H19N3O4. The van der Waals surface area contributed by atoms with Gasteiger partial charge in [0.15, 0.2) is 5.76 Å². The van der Waals surface area contributed by atoms with Gasteiger partial charge in [0.05, 0.1) is 17.1 Å². The molecule has 0 radical (unpaired) electrons. The second kappa shape index (κ2) is 6.33. The van der Waals surface area contributed by atoms with Crippen molar-refractivity contribution in [2.24, 2.45) is 0 Å². The molecule has 26 heavy (non-hydrogen) atoms. The Morgan fingerprint density at radius 3 is 2.73 bits per heavy atom. The number of rotatable bonds is 4. The lowest BCUT2D eigenvalue weighted by molar-refractivity contribution is 0.0643. The lowest BCUT2D eigenvalue weighted by Crippen LogP contribution is -2.31. The zero-order valence-electron chi connectivity index (χ0n) is 14.4. The van der Waals surface area contributed by atoms with Gasteiger partial charge in [0, 0.05) is 13.1 Å². The Labute approximate surface area is 149 Å². The number of hydrogen-bond acceptors (Lipinski definition) is 4. The zero-order valence-corrected chi connectivity index (χ0v) is 14.4. The lowest BCUT2D eigenvalue weighted by atomic mass is 10.2. The molecule has 3 aromatic rings. The number of nitrogens with zero attached hydrogens (tertiary/aromatic N) is 3. The first-order valence-corrected chi connectivity index (χ1v) is 8.69. The summed E-state index contributed by atoms with van der Waals surface area (Å²) in [5.41, 5.74) is 1.96. The summed E-state index contributed by atoms with van der Waals surface area (Å²) in [6.07, 6.45) is 1.69. The Morgan fingerprint density at radius 1 is 1.23 bits per heavy atom. The van der Waals surface area contributed by atoms with Crippen LogP contribution in [0.3, 0.4) is 0 Å². The van der Waals surface area contributed by atoms with Crippen LogP contribution in [-0.4, -0.2) is 38.0 Å². The summed E-state index contributed by atoms with van der Waals surface area (Å²) >= 11 is 0. The number of carbonyl (C=O) groups is 2. The molecule has 7 heteroatoms. The molecule has 2 aromatic heterocycles. The molecule has 0 bridgehead atoms. The summed E-state index contributed by atoms with van der Waals surface area (Å²) in [5.74, 6) is -0.799. The molecule has 0 saturated carbocycles. The number of para-hydroxylation sites is 2. The van der Waals surface area contributed by atoms with Crippen molar-refractivity contribution in [2.75, 3.05) is 6.54 Å². The maximum atomic E-state index is 12.9. The first-order valence-electron chi connectivity index (χ1n) is 8.69. The number of aromatic nitrogens is 2. The number of aromatic carboxylic acids is 1. The lowest BCUT2D eigenvalue weighted by Gasteiger charge is -2.24. The fourth-order valence-electron chi connectivity index (χ4n) is 3.67. The monoisotopic (exact) mass is 353 g/mol. The van der Waals surface area contributed by atoms with Crippen molar-refractivity contribution in [3.63, 3.8) is 0 Å². The minimum absolute atomic E-state index is 0.0495. The van der Waals surface area contributed by atoms with Crippen molar-refractivity contribution in [1.29, 1.82) is 0 Å². The fraction of sp³-hybridized carbons (Fsp3) is 0.316. The summed E-state index contributed by atoms with van der Waals surface area (Å²) in [7, 11) is 0. The van der Waals surface area contributed by atoms with Gasteiger partial charge in [-0.25, -0.2) is 9.78 Å². The predicted molar refractivity (Wildman–Crippen MR) is 94.1 cm³/mol. The number of aryl methyl sites for hydroxylation is 1. The van der Waals surface area contributed by atoms with Gasteiger partial charge in [-0.3, -0.25) is 4.79 Å². The molecule has 1 atom stereocenters. The van der Waals surface area contributed by atoms with E-state index in [1.54, 1.807) is 4.90 Å². The summed E-state index contributed by atoms with van der Waals surface area (Å²) in [6.45, 7) is 3.42. The highest BCUT2D eigenvalue weighted by molar-refractivity contribution is 5.94. The minimum Gasteiger partial charge on any atom is -0.475 e. The Bertz CT molecular complexity index is 988. The van der Waals surface area contributed by atoms with Crippen molar-refractivity contribution in [3.8, 4) is 0 Å². The molecule has 3 heterocycles. The standard InChI is InChI=1S/C19H19N3O4/c1-2-21-13-7-4-3-6-12(13)20-17(21)14-8-5-11-22(14)18(23)15-9-10-16(26-15)19(24)25/h3-4,6-7,9-10,14H,2,5,8,11H2,1H3,(H,24,25)/t14-/m0/s1. The number of fused-ring (bicyclic) bond motifs is 1. The van der Waals surface area contributed by atoms with Crippen molar-refractivity contribution in [2.45, 2.75) is 32.4 Å². The Hall–Kier alpha value is -3.09. The number of carboxylic acids is 1. The van der Waals surface area contributed by atoms with E-state index < -0.39 is 5.97 Å². The third kappa shape index (κ3) is 2.56. The van der Waals surface area contributed by atoms with Crippen LogP contribution < -0.4 is 0 Å². The van der Waals surface area contributed by atoms with E-state index in [1.807, 2.05) is 24.3 Å². The molecule has 1 N–H and O–H groups in total. The van der Waals surface area contributed by atoms with Crippen LogP contribution >= 0.6 is 0 Å². The SMILES string of the molecule is CCn1c([C@@H]2CCCN2C(=O)c2ccc(C(=O)O)o2)nc2ccccc21. The summed E-state index contributed by atoms with van der Waals surface area (Å²) in [4.78, 5) is 30.4. The molecule has 0 spiro atoms. The van der Waals surface area contributed by atoms with E-state index in [0.717, 1.165) is 36.2 Å². The average Bonchev–Trinajstić information content (AvgIpc) is 3.37. The highest BCUT2D eigenvalue weighted by Gasteiger charge is 2.35. The number of amides is 1. The second-order valence-electron chi connectivity index (χ2n) is 6.33. The number of likely N-dealkylation sites (tertiary alicyclic amines) is 1. The molecule has 1 saturated heterocycles. The Morgan fingerprint density at radius 2 is 2.00 bits per heavy atom. The summed E-state index contributed by atoms with van der Waals surface area (Å²) in [6, 6.07) is 10.5. The number of carboxylic acid groups (broad SMARTS) is 1. The molecule has 1 aliphatic heterocycles. The predicted octanol–water partition coefficient (Wildman–Crippen LogP) is 3.32. The molecule has 0 unspecified atom stereocenters. The van der Waals surface area contributed by atoms with Crippen LogP contribution in [0.5, 0.6) is 0 Å². The molecule has 7 nitrogen and oxygen atoms in total. The highest BCUT2D eigenvalue weighted by atomic mass is 16.4. The van der Waals surface area contributed by atoms with Gasteiger partial charge in [0.25, 0.3) is 5.91 Å². The van der Waals surface area contributed by atoms with Gasteiger partial charge in [0.2, 0.25) is 5.76 Å². The number of hydrogen-bond donors (Lipinski definition) is 1. The first-order chi connectivity index (χ1) is 12.6. The topological polar surface area (TPSA) is 88.6 Å². The molecule has 1 aliphatic rings.